The van der Waals surface area contributed by atoms with Crippen molar-refractivity contribution < 1.29 is 4.74 Å². The van der Waals surface area contributed by atoms with Crippen LogP contribution in [0.3, 0.4) is 0 Å². The highest BCUT2D eigenvalue weighted by Gasteiger charge is 2.12. The number of halogens is 2. The molecule has 0 fully saturated rings. The third-order valence-corrected chi connectivity index (χ3v) is 4.91. The van der Waals surface area contributed by atoms with E-state index in [1.807, 2.05) is 13.0 Å². The van der Waals surface area contributed by atoms with E-state index in [-0.39, 0.29) is 10.6 Å². The van der Waals surface area contributed by atoms with Crippen molar-refractivity contribution in [2.75, 3.05) is 25.1 Å². The Hall–Kier alpha value is -1.82. The van der Waals surface area contributed by atoms with Gasteiger partial charge in [-0.25, -0.2) is 0 Å². The number of rotatable bonds is 5. The molecular weight excluding hydrogens is 361 g/mol. The summed E-state index contributed by atoms with van der Waals surface area (Å²) in [5.74, 6) is 0. The van der Waals surface area contributed by atoms with E-state index in [0.29, 0.717) is 29.5 Å². The molecule has 132 valence electrons. The van der Waals surface area contributed by atoms with Gasteiger partial charge in [0.05, 0.1) is 30.8 Å². The fourth-order valence-electron chi connectivity index (χ4n) is 2.60. The van der Waals surface area contributed by atoms with E-state index in [9.17, 15) is 4.79 Å². The molecule has 3 rings (SSSR count). The van der Waals surface area contributed by atoms with Crippen molar-refractivity contribution >= 4 is 28.9 Å². The lowest BCUT2D eigenvalue weighted by atomic mass is 10.1. The average molecular weight is 380 g/mol. The van der Waals surface area contributed by atoms with Gasteiger partial charge in [-0.05, 0) is 37.5 Å². The Balaban J connectivity index is 1.74. The summed E-state index contributed by atoms with van der Waals surface area (Å²) in [7, 11) is 0. The molecule has 0 saturated carbocycles. The van der Waals surface area contributed by atoms with Crippen molar-refractivity contribution in [1.29, 1.82) is 0 Å². The second kappa shape index (κ2) is 8.04. The fraction of sp³-hybridized carbons (Fsp3) is 0.333. The molecule has 0 saturated heterocycles. The highest BCUT2D eigenvalue weighted by molar-refractivity contribution is 6.33. The lowest BCUT2D eigenvalue weighted by Crippen LogP contribution is -2.23. The number of benzene rings is 1. The summed E-state index contributed by atoms with van der Waals surface area (Å²) in [6.07, 6.45) is 5.50. The molecule has 25 heavy (non-hydrogen) atoms. The maximum Gasteiger partial charge on any atom is 0.292 e. The van der Waals surface area contributed by atoms with Crippen LogP contribution < -0.4 is 10.9 Å². The first-order valence-corrected chi connectivity index (χ1v) is 8.86. The van der Waals surface area contributed by atoms with Crippen molar-refractivity contribution in [2.45, 2.75) is 19.8 Å². The SMILES string of the molecule is Cc1ccc(-n2ncc(NCCC3=CCOCC3)c(Cl)c2=O)cc1Cl. The van der Waals surface area contributed by atoms with Gasteiger partial charge in [0.2, 0.25) is 0 Å². The van der Waals surface area contributed by atoms with Crippen LogP contribution in [-0.4, -0.2) is 29.5 Å². The van der Waals surface area contributed by atoms with Gasteiger partial charge in [-0.15, -0.1) is 0 Å². The van der Waals surface area contributed by atoms with Crippen LogP contribution in [0.25, 0.3) is 5.69 Å². The first kappa shape index (κ1) is 18.0. The summed E-state index contributed by atoms with van der Waals surface area (Å²) in [6.45, 7) is 4.03. The highest BCUT2D eigenvalue weighted by atomic mass is 35.5. The summed E-state index contributed by atoms with van der Waals surface area (Å²) >= 11 is 12.4. The summed E-state index contributed by atoms with van der Waals surface area (Å²) < 4.78 is 6.54. The Kier molecular flexibility index (Phi) is 5.78. The molecule has 0 spiro atoms. The van der Waals surface area contributed by atoms with Crippen LogP contribution in [0.5, 0.6) is 0 Å². The molecule has 0 bridgehead atoms. The van der Waals surface area contributed by atoms with Gasteiger partial charge in [0.1, 0.15) is 5.02 Å². The van der Waals surface area contributed by atoms with Crippen molar-refractivity contribution in [3.63, 3.8) is 0 Å². The van der Waals surface area contributed by atoms with Crippen LogP contribution in [0.1, 0.15) is 18.4 Å². The zero-order valence-corrected chi connectivity index (χ0v) is 15.4. The van der Waals surface area contributed by atoms with E-state index >= 15 is 0 Å². The van der Waals surface area contributed by atoms with Crippen LogP contribution in [0, 0.1) is 6.92 Å². The van der Waals surface area contributed by atoms with Gasteiger partial charge in [-0.2, -0.15) is 9.78 Å². The molecule has 2 heterocycles. The minimum Gasteiger partial charge on any atom is -0.382 e. The number of nitrogens with zero attached hydrogens (tertiary/aromatic N) is 2. The predicted molar refractivity (Wildman–Crippen MR) is 101 cm³/mol. The van der Waals surface area contributed by atoms with Crippen LogP contribution in [-0.2, 0) is 4.74 Å². The maximum absolute atomic E-state index is 12.5. The summed E-state index contributed by atoms with van der Waals surface area (Å²) in [5, 5.41) is 8.09. The van der Waals surface area contributed by atoms with E-state index in [1.54, 1.807) is 18.3 Å². The minimum absolute atomic E-state index is 0.118. The van der Waals surface area contributed by atoms with Crippen molar-refractivity contribution in [3.05, 3.63) is 62.0 Å². The number of ether oxygens (including phenoxy) is 1. The Morgan fingerprint density at radius 2 is 2.20 bits per heavy atom. The van der Waals surface area contributed by atoms with E-state index in [2.05, 4.69) is 16.5 Å². The number of hydrogen-bond acceptors (Lipinski definition) is 4. The quantitative estimate of drug-likeness (QED) is 0.797. The molecule has 1 N–H and O–H groups in total. The van der Waals surface area contributed by atoms with E-state index in [0.717, 1.165) is 25.0 Å². The first-order valence-electron chi connectivity index (χ1n) is 8.10. The van der Waals surface area contributed by atoms with Gasteiger partial charge in [0.15, 0.2) is 0 Å². The van der Waals surface area contributed by atoms with Gasteiger partial charge >= 0.3 is 0 Å². The molecule has 0 amide bonds. The van der Waals surface area contributed by atoms with Crippen molar-refractivity contribution in [2.24, 2.45) is 0 Å². The molecule has 1 aromatic heterocycles. The smallest absolute Gasteiger partial charge is 0.292 e. The Morgan fingerprint density at radius 1 is 1.36 bits per heavy atom. The lowest BCUT2D eigenvalue weighted by Gasteiger charge is -2.15. The highest BCUT2D eigenvalue weighted by Crippen LogP contribution is 2.21. The third kappa shape index (κ3) is 4.24. The monoisotopic (exact) mass is 379 g/mol. The molecule has 1 aromatic carbocycles. The van der Waals surface area contributed by atoms with Gasteiger partial charge in [-0.1, -0.05) is 40.9 Å². The van der Waals surface area contributed by atoms with Gasteiger partial charge in [0.25, 0.3) is 5.56 Å². The maximum atomic E-state index is 12.5. The standard InChI is InChI=1S/C18H19Cl2N3O2/c1-12-2-3-14(10-15(12)19)23-18(24)17(20)16(11-22-23)21-7-4-13-5-8-25-9-6-13/h2-3,5,10-11,21H,4,6-9H2,1H3. The number of hydrogen-bond donors (Lipinski definition) is 1. The molecule has 0 aliphatic carbocycles. The molecule has 1 aliphatic rings. The van der Waals surface area contributed by atoms with Gasteiger partial charge < -0.3 is 10.1 Å². The van der Waals surface area contributed by atoms with Gasteiger partial charge in [-0.3, -0.25) is 4.79 Å². The third-order valence-electron chi connectivity index (χ3n) is 4.14. The molecule has 2 aromatic rings. The molecule has 5 nitrogen and oxygen atoms in total. The zero-order valence-electron chi connectivity index (χ0n) is 13.9. The minimum atomic E-state index is -0.378. The zero-order chi connectivity index (χ0) is 17.8. The average Bonchev–Trinajstić information content (AvgIpc) is 2.62. The normalized spacial score (nSPS) is 14.3. The van der Waals surface area contributed by atoms with Gasteiger partial charge in [0, 0.05) is 11.6 Å². The van der Waals surface area contributed by atoms with E-state index in [1.165, 1.54) is 10.3 Å². The van der Waals surface area contributed by atoms with Crippen LogP contribution in [0.15, 0.2) is 40.8 Å². The second-order valence-corrected chi connectivity index (χ2v) is 6.67. The Labute approximate surface area is 156 Å². The Bertz CT molecular complexity index is 862. The number of anilines is 1. The molecule has 0 atom stereocenters. The van der Waals surface area contributed by atoms with Crippen LogP contribution in [0.2, 0.25) is 10.0 Å². The predicted octanol–water partition coefficient (Wildman–Crippen LogP) is 4.00. The molecule has 7 heteroatoms. The summed E-state index contributed by atoms with van der Waals surface area (Å²) in [5.41, 5.74) is 3.03. The molecule has 0 unspecified atom stereocenters. The van der Waals surface area contributed by atoms with Crippen molar-refractivity contribution in [1.82, 2.24) is 9.78 Å². The molecular formula is C18H19Cl2N3O2. The van der Waals surface area contributed by atoms with E-state index in [4.69, 9.17) is 27.9 Å². The first-order chi connectivity index (χ1) is 12.1. The summed E-state index contributed by atoms with van der Waals surface area (Å²) in [6, 6.07) is 5.33. The number of nitrogens with one attached hydrogen (secondary N) is 1. The van der Waals surface area contributed by atoms with E-state index < -0.39 is 0 Å². The Morgan fingerprint density at radius 3 is 2.92 bits per heavy atom. The van der Waals surface area contributed by atoms with Crippen LogP contribution >= 0.6 is 23.2 Å². The van der Waals surface area contributed by atoms with Crippen LogP contribution in [0.4, 0.5) is 5.69 Å². The number of aromatic nitrogens is 2. The lowest BCUT2D eigenvalue weighted by molar-refractivity contribution is 0.153. The molecule has 0 radical (unpaired) electrons. The second-order valence-electron chi connectivity index (χ2n) is 5.89. The molecule has 1 aliphatic heterocycles. The fourth-order valence-corrected chi connectivity index (χ4v) is 2.97. The van der Waals surface area contributed by atoms with Crippen molar-refractivity contribution in [3.8, 4) is 5.69 Å². The largest absolute Gasteiger partial charge is 0.382 e. The summed E-state index contributed by atoms with van der Waals surface area (Å²) in [4.78, 5) is 12.5. The topological polar surface area (TPSA) is 56.1 Å². The number of aryl methyl sites for hydroxylation is 1.